The van der Waals surface area contributed by atoms with Gasteiger partial charge >= 0.3 is 0 Å². The molecular formula is C22H26ClF3N4O2S. The van der Waals surface area contributed by atoms with E-state index in [1.54, 1.807) is 0 Å². The molecule has 1 spiro atoms. The molecule has 180 valence electrons. The largest absolute Gasteiger partial charge is 0.370 e. The van der Waals surface area contributed by atoms with E-state index in [4.69, 9.17) is 11.6 Å². The number of rotatable bonds is 6. The minimum atomic E-state index is -4.74. The second-order valence-electron chi connectivity index (χ2n) is 9.13. The lowest BCUT2D eigenvalue weighted by Crippen LogP contribution is -2.57. The van der Waals surface area contributed by atoms with Crippen LogP contribution in [0.3, 0.4) is 0 Å². The highest BCUT2D eigenvalue weighted by Crippen LogP contribution is 2.52. The maximum Gasteiger partial charge on any atom is 0.268 e. The molecule has 0 amide bonds. The Bertz CT molecular complexity index is 1180. The molecule has 2 aromatic rings. The van der Waals surface area contributed by atoms with Crippen LogP contribution in [0.2, 0.25) is 5.02 Å². The van der Waals surface area contributed by atoms with Gasteiger partial charge in [0.15, 0.2) is 10.7 Å². The zero-order chi connectivity index (χ0) is 24.1. The average Bonchev–Trinajstić information content (AvgIpc) is 3.17. The van der Waals surface area contributed by atoms with Crippen molar-refractivity contribution in [1.82, 2.24) is 9.88 Å². The van der Waals surface area contributed by atoms with Crippen LogP contribution in [0.25, 0.3) is 0 Å². The van der Waals surface area contributed by atoms with Crippen LogP contribution in [0.4, 0.5) is 24.7 Å². The molecule has 33 heavy (non-hydrogen) atoms. The molecule has 2 heterocycles. The quantitative estimate of drug-likeness (QED) is 0.460. The molecule has 2 aliphatic rings. The van der Waals surface area contributed by atoms with E-state index in [1.807, 2.05) is 9.62 Å². The van der Waals surface area contributed by atoms with E-state index in [9.17, 15) is 17.2 Å². The second-order valence-corrected chi connectivity index (χ2v) is 11.1. The molecule has 0 bridgehead atoms. The Morgan fingerprint density at radius 3 is 2.61 bits per heavy atom. The summed E-state index contributed by atoms with van der Waals surface area (Å²) in [4.78, 5) is 6.30. The van der Waals surface area contributed by atoms with Gasteiger partial charge in [-0.05, 0) is 52.3 Å². The monoisotopic (exact) mass is 502 g/mol. The Morgan fingerprint density at radius 2 is 2.00 bits per heavy atom. The van der Waals surface area contributed by atoms with Crippen LogP contribution in [-0.4, -0.2) is 50.5 Å². The smallest absolute Gasteiger partial charge is 0.268 e. The molecule has 1 N–H and O–H groups in total. The second kappa shape index (κ2) is 8.63. The summed E-state index contributed by atoms with van der Waals surface area (Å²) in [6.07, 6.45) is 2.95. The van der Waals surface area contributed by atoms with E-state index >= 15 is 4.39 Å². The molecular weight excluding hydrogens is 477 g/mol. The van der Waals surface area contributed by atoms with Gasteiger partial charge in [-0.2, -0.15) is 4.39 Å². The van der Waals surface area contributed by atoms with Crippen molar-refractivity contribution in [2.24, 2.45) is 5.41 Å². The lowest BCUT2D eigenvalue weighted by molar-refractivity contribution is -0.0121. The summed E-state index contributed by atoms with van der Waals surface area (Å²) in [5.74, 6) is -4.01. The van der Waals surface area contributed by atoms with E-state index in [0.29, 0.717) is 25.2 Å². The lowest BCUT2D eigenvalue weighted by Gasteiger charge is -2.52. The minimum absolute atomic E-state index is 0.0185. The minimum Gasteiger partial charge on any atom is -0.370 e. The number of nitrogens with zero attached hydrogens (tertiary/aromatic N) is 3. The first kappa shape index (κ1) is 24.1. The molecule has 1 saturated carbocycles. The number of benzene rings is 1. The van der Waals surface area contributed by atoms with E-state index in [-0.39, 0.29) is 11.1 Å². The van der Waals surface area contributed by atoms with Gasteiger partial charge in [0, 0.05) is 36.7 Å². The highest BCUT2D eigenvalue weighted by molar-refractivity contribution is 7.92. The van der Waals surface area contributed by atoms with Crippen LogP contribution in [0.15, 0.2) is 29.2 Å². The molecule has 0 radical (unpaired) electrons. The summed E-state index contributed by atoms with van der Waals surface area (Å²) in [7, 11) is -2.65. The van der Waals surface area contributed by atoms with Crippen LogP contribution in [0.1, 0.15) is 33.1 Å². The molecule has 1 aliphatic heterocycles. The fourth-order valence-corrected chi connectivity index (χ4v) is 6.42. The topological polar surface area (TPSA) is 65.5 Å². The standard InChI is InChI=1S/C22H26ClF3N4O2S/c1-13(2)29(3)16-7-8-22(16)9-10-30(12-22)15-11-14(24)21(20(26)19(15)23)33(31,32)28-18-6-4-5-17(25)27-18/h4-6,11,13,16H,7-10,12H2,1-3H3,(H,27,28)/t16-,22+/m1/s1. The number of halogens is 4. The predicted octanol–water partition coefficient (Wildman–Crippen LogP) is 4.65. The van der Waals surface area contributed by atoms with E-state index < -0.39 is 43.3 Å². The summed E-state index contributed by atoms with van der Waals surface area (Å²) in [5.41, 5.74) is 0.147. The van der Waals surface area contributed by atoms with Crippen molar-refractivity contribution in [2.45, 2.75) is 50.1 Å². The molecule has 11 heteroatoms. The van der Waals surface area contributed by atoms with Crippen LogP contribution >= 0.6 is 11.6 Å². The van der Waals surface area contributed by atoms with Crippen molar-refractivity contribution in [3.05, 3.63) is 46.9 Å². The van der Waals surface area contributed by atoms with Crippen molar-refractivity contribution in [2.75, 3.05) is 29.8 Å². The Balaban J connectivity index is 1.62. The zero-order valence-corrected chi connectivity index (χ0v) is 20.2. The number of aromatic nitrogens is 1. The van der Waals surface area contributed by atoms with E-state index in [1.165, 1.54) is 12.1 Å². The van der Waals surface area contributed by atoms with Gasteiger partial charge in [0.2, 0.25) is 5.95 Å². The number of pyridine rings is 1. The van der Waals surface area contributed by atoms with Crippen molar-refractivity contribution < 1.29 is 21.6 Å². The van der Waals surface area contributed by atoms with Crippen LogP contribution < -0.4 is 9.62 Å². The molecule has 6 nitrogen and oxygen atoms in total. The first-order valence-corrected chi connectivity index (χ1v) is 12.6. The molecule has 1 aromatic heterocycles. The van der Waals surface area contributed by atoms with Crippen molar-refractivity contribution in [3.63, 3.8) is 0 Å². The van der Waals surface area contributed by atoms with Crippen molar-refractivity contribution >= 4 is 33.1 Å². The average molecular weight is 503 g/mol. The summed E-state index contributed by atoms with van der Waals surface area (Å²) in [6, 6.07) is 5.11. The zero-order valence-electron chi connectivity index (χ0n) is 18.6. The Labute approximate surface area is 196 Å². The lowest BCUT2D eigenvalue weighted by atomic mass is 9.63. The van der Waals surface area contributed by atoms with E-state index in [0.717, 1.165) is 31.4 Å². The maximum atomic E-state index is 15.1. The summed E-state index contributed by atoms with van der Waals surface area (Å²) < 4.78 is 70.6. The first-order chi connectivity index (χ1) is 15.4. The molecule has 1 aromatic carbocycles. The fraction of sp³-hybridized carbons (Fsp3) is 0.500. The fourth-order valence-electron chi connectivity index (χ4n) is 4.95. The Hall–Kier alpha value is -2.04. The third kappa shape index (κ3) is 4.28. The molecule has 1 aliphatic carbocycles. The number of hydrogen-bond donors (Lipinski definition) is 1. The normalized spacial score (nSPS) is 22.9. The van der Waals surface area contributed by atoms with Gasteiger partial charge in [0.1, 0.15) is 16.7 Å². The molecule has 2 atom stereocenters. The highest BCUT2D eigenvalue weighted by Gasteiger charge is 2.53. The summed E-state index contributed by atoms with van der Waals surface area (Å²) in [5, 5.41) is -0.464. The summed E-state index contributed by atoms with van der Waals surface area (Å²) >= 11 is 6.23. The summed E-state index contributed by atoms with van der Waals surface area (Å²) in [6.45, 7) is 5.42. The molecule has 4 rings (SSSR count). The van der Waals surface area contributed by atoms with Gasteiger partial charge in [0.05, 0.1) is 5.69 Å². The molecule has 1 saturated heterocycles. The van der Waals surface area contributed by atoms with Crippen LogP contribution in [0.5, 0.6) is 0 Å². The first-order valence-electron chi connectivity index (χ1n) is 10.7. The number of anilines is 2. The van der Waals surface area contributed by atoms with Crippen LogP contribution in [0, 0.1) is 23.0 Å². The third-order valence-corrected chi connectivity index (χ3v) is 8.72. The van der Waals surface area contributed by atoms with Gasteiger partial charge in [-0.15, -0.1) is 0 Å². The van der Waals surface area contributed by atoms with Gasteiger partial charge in [-0.3, -0.25) is 4.72 Å². The van der Waals surface area contributed by atoms with Gasteiger partial charge in [-0.25, -0.2) is 22.2 Å². The SMILES string of the molecule is CC(C)N(C)[C@@H]1CC[C@@]12CCN(c1cc(F)c(S(=O)(=O)Nc3cccc(F)n3)c(F)c1Cl)C2. The van der Waals surface area contributed by atoms with Gasteiger partial charge in [0.25, 0.3) is 10.0 Å². The number of sulfonamides is 1. The molecule has 2 fully saturated rings. The van der Waals surface area contributed by atoms with E-state index in [2.05, 4.69) is 30.8 Å². The van der Waals surface area contributed by atoms with Crippen molar-refractivity contribution in [1.29, 1.82) is 0 Å². The van der Waals surface area contributed by atoms with Gasteiger partial charge < -0.3 is 9.80 Å². The maximum absolute atomic E-state index is 15.1. The third-order valence-electron chi connectivity index (χ3n) is 6.97. The highest BCUT2D eigenvalue weighted by atomic mass is 35.5. The number of nitrogens with one attached hydrogen (secondary N) is 1. The Morgan fingerprint density at radius 1 is 1.27 bits per heavy atom. The Kier molecular flexibility index (Phi) is 6.30. The van der Waals surface area contributed by atoms with Crippen LogP contribution in [-0.2, 0) is 10.0 Å². The van der Waals surface area contributed by atoms with Crippen molar-refractivity contribution in [3.8, 4) is 0 Å². The number of hydrogen-bond acceptors (Lipinski definition) is 5. The predicted molar refractivity (Wildman–Crippen MR) is 122 cm³/mol. The molecule has 0 unspecified atom stereocenters. The van der Waals surface area contributed by atoms with Gasteiger partial charge in [-0.1, -0.05) is 17.7 Å².